The Kier molecular flexibility index (Phi) is 16.6. The molecule has 4 aliphatic carbocycles. The van der Waals surface area contributed by atoms with Crippen LogP contribution in [-0.4, -0.2) is 10.7 Å². The lowest BCUT2D eigenvalue weighted by Gasteiger charge is -2.15. The van der Waals surface area contributed by atoms with E-state index in [0.29, 0.717) is 0 Å². The van der Waals surface area contributed by atoms with Crippen LogP contribution in [0.25, 0.3) is 0 Å². The zero-order valence-electron chi connectivity index (χ0n) is 11.5. The van der Waals surface area contributed by atoms with E-state index in [1.54, 1.807) is 0 Å². The molecule has 4 aliphatic rings. The summed E-state index contributed by atoms with van der Waals surface area (Å²) in [6.07, 6.45) is 16.8. The summed E-state index contributed by atoms with van der Waals surface area (Å²) in [7, 11) is 0. The van der Waals surface area contributed by atoms with Crippen LogP contribution in [0.1, 0.15) is 69.2 Å². The van der Waals surface area contributed by atoms with Gasteiger partial charge in [0, 0.05) is 10.7 Å². The molecule has 0 aliphatic heterocycles. The third-order valence-corrected chi connectivity index (χ3v) is 6.80. The quantitative estimate of drug-likeness (QED) is 0.287. The van der Waals surface area contributed by atoms with E-state index in [2.05, 4.69) is 56.2 Å². The molecule has 0 spiro atoms. The van der Waals surface area contributed by atoms with E-state index in [1.807, 2.05) is 0 Å². The van der Waals surface area contributed by atoms with Gasteiger partial charge in [-0.05, 0) is 67.6 Å². The van der Waals surface area contributed by atoms with Crippen molar-refractivity contribution in [3.63, 3.8) is 0 Å². The van der Waals surface area contributed by atoms with Crippen molar-refractivity contribution in [3.05, 3.63) is 24.3 Å². The monoisotopic (exact) mass is 466 g/mol. The van der Waals surface area contributed by atoms with Crippen molar-refractivity contribution in [2.75, 3.05) is 10.7 Å². The summed E-state index contributed by atoms with van der Waals surface area (Å²) < 4.78 is 0. The lowest BCUT2D eigenvalue weighted by Crippen LogP contribution is -2.07. The van der Waals surface area contributed by atoms with Gasteiger partial charge >= 0.3 is 0 Å². The van der Waals surface area contributed by atoms with Crippen LogP contribution >= 0.6 is 31.9 Å². The third-order valence-electron chi connectivity index (χ3n) is 5.51. The van der Waals surface area contributed by atoms with Gasteiger partial charge in [-0.2, -0.15) is 0 Å². The first-order valence-corrected chi connectivity index (χ1v) is 10.0. The van der Waals surface area contributed by atoms with E-state index >= 15 is 0 Å². The second kappa shape index (κ2) is 13.6. The van der Waals surface area contributed by atoms with Gasteiger partial charge in [0.1, 0.15) is 0 Å². The zero-order chi connectivity index (χ0) is 13.2. The van der Waals surface area contributed by atoms with Crippen molar-refractivity contribution in [2.45, 2.75) is 69.2 Å². The highest BCUT2D eigenvalue weighted by Gasteiger charge is 2.35. The lowest BCUT2D eigenvalue weighted by molar-refractivity contribution is 0.438. The topological polar surface area (TPSA) is 0 Å². The fraction of sp³-hybridized carbons (Fsp3) is 0.818. The van der Waals surface area contributed by atoms with Crippen LogP contribution in [0, 0.1) is 35.5 Å². The molecule has 6 atom stereocenters. The fourth-order valence-electron chi connectivity index (χ4n) is 4.44. The minimum atomic E-state index is 0. The summed E-state index contributed by atoms with van der Waals surface area (Å²) in [5.74, 6) is 5.73. The lowest BCUT2D eigenvalue weighted by atomic mass is 9.91. The van der Waals surface area contributed by atoms with Crippen LogP contribution < -0.4 is 0 Å². The second-order valence-corrected chi connectivity index (χ2v) is 8.15. The van der Waals surface area contributed by atoms with Crippen molar-refractivity contribution in [2.24, 2.45) is 35.5 Å². The number of halogens is 2. The SMILES string of the molecule is BrCC1CC2C=CC1C2.BrCCC1CC2C=CC1C2.C.C.C.C.C. The van der Waals surface area contributed by atoms with Gasteiger partial charge < -0.3 is 0 Å². The van der Waals surface area contributed by atoms with Crippen molar-refractivity contribution in [1.82, 2.24) is 0 Å². The summed E-state index contributed by atoms with van der Waals surface area (Å²) in [5.41, 5.74) is 0. The van der Waals surface area contributed by atoms with Gasteiger partial charge in [-0.25, -0.2) is 0 Å². The van der Waals surface area contributed by atoms with Crippen LogP contribution in [0.2, 0.25) is 0 Å². The number of alkyl halides is 2. The maximum atomic E-state index is 3.54. The van der Waals surface area contributed by atoms with Gasteiger partial charge in [0.05, 0.1) is 0 Å². The Morgan fingerprint density at radius 2 is 1.08 bits per heavy atom. The molecule has 0 aromatic carbocycles. The normalized spacial score (nSPS) is 35.4. The van der Waals surface area contributed by atoms with Gasteiger partial charge in [-0.1, -0.05) is 93.3 Å². The first kappa shape index (κ1) is 29.2. The highest BCUT2D eigenvalue weighted by Crippen LogP contribution is 2.45. The molecule has 6 unspecified atom stereocenters. The summed E-state index contributed by atoms with van der Waals surface area (Å²) in [6, 6.07) is 0. The second-order valence-electron chi connectivity index (χ2n) is 6.71. The van der Waals surface area contributed by atoms with Crippen molar-refractivity contribution in [3.8, 4) is 0 Å². The van der Waals surface area contributed by atoms with E-state index in [-0.39, 0.29) is 37.1 Å². The van der Waals surface area contributed by atoms with Crippen LogP contribution in [0.15, 0.2) is 24.3 Å². The Hall–Kier alpha value is 0.440. The molecule has 0 saturated heterocycles. The standard InChI is InChI=1S/C9H13Br.C8H11Br.5CH4/c10-4-3-9-6-7-1-2-8(9)5-7;9-5-8-4-6-1-2-7(8)3-6;;;;;/h1-2,7-9H,3-6H2;1-2,6-8H,3-5H2;5*1H4. The highest BCUT2D eigenvalue weighted by atomic mass is 79.9. The number of fused-ring (bicyclic) bond motifs is 4. The van der Waals surface area contributed by atoms with Crippen molar-refractivity contribution in [1.29, 1.82) is 0 Å². The first-order chi connectivity index (χ1) is 9.30. The maximum absolute atomic E-state index is 3.54. The van der Waals surface area contributed by atoms with Crippen LogP contribution in [0.5, 0.6) is 0 Å². The third kappa shape index (κ3) is 6.63. The summed E-state index contributed by atoms with van der Waals surface area (Å²) in [4.78, 5) is 0. The van der Waals surface area contributed by atoms with Gasteiger partial charge in [0.25, 0.3) is 0 Å². The number of hydrogen-bond donors (Lipinski definition) is 0. The summed E-state index contributed by atoms with van der Waals surface area (Å²) >= 11 is 7.05. The smallest absolute Gasteiger partial charge is 0.00655 e. The van der Waals surface area contributed by atoms with E-state index in [9.17, 15) is 0 Å². The van der Waals surface area contributed by atoms with E-state index in [0.717, 1.165) is 35.5 Å². The van der Waals surface area contributed by atoms with Gasteiger partial charge in [-0.15, -0.1) is 0 Å². The van der Waals surface area contributed by atoms with Crippen LogP contribution in [-0.2, 0) is 0 Å². The van der Waals surface area contributed by atoms with Crippen molar-refractivity contribution < 1.29 is 0 Å². The number of hydrogen-bond acceptors (Lipinski definition) is 0. The average molecular weight is 468 g/mol. The Bertz CT molecular complexity index is 361. The summed E-state index contributed by atoms with van der Waals surface area (Å²) in [5, 5.41) is 2.40. The van der Waals surface area contributed by atoms with Gasteiger partial charge in [0.15, 0.2) is 0 Å². The largest absolute Gasteiger partial charge is 0.0928 e. The molecule has 0 amide bonds. The highest BCUT2D eigenvalue weighted by molar-refractivity contribution is 9.09. The van der Waals surface area contributed by atoms with Crippen LogP contribution in [0.3, 0.4) is 0 Å². The Morgan fingerprint density at radius 3 is 1.33 bits per heavy atom. The van der Waals surface area contributed by atoms with E-state index < -0.39 is 0 Å². The predicted molar refractivity (Wildman–Crippen MR) is 124 cm³/mol. The number of rotatable bonds is 3. The fourth-order valence-corrected chi connectivity index (χ4v) is 5.77. The minimum Gasteiger partial charge on any atom is -0.0928 e. The molecule has 0 radical (unpaired) electrons. The van der Waals surface area contributed by atoms with E-state index in [1.165, 1.54) is 42.8 Å². The maximum Gasteiger partial charge on any atom is 0.00655 e. The van der Waals surface area contributed by atoms with Gasteiger partial charge in [-0.3, -0.25) is 0 Å². The first-order valence-electron chi connectivity index (χ1n) is 7.78. The zero-order valence-corrected chi connectivity index (χ0v) is 14.7. The molecule has 0 N–H and O–H groups in total. The molecule has 4 bridgehead atoms. The van der Waals surface area contributed by atoms with Crippen molar-refractivity contribution >= 4 is 31.9 Å². The molecule has 2 fully saturated rings. The molecule has 4 rings (SSSR count). The molecular formula is C22H44Br2. The predicted octanol–water partition coefficient (Wildman–Crippen LogP) is 8.76. The Morgan fingerprint density at radius 1 is 0.625 bits per heavy atom. The number of allylic oxidation sites excluding steroid dienone is 4. The Balaban J connectivity index is -0.000000305. The molecule has 0 heterocycles. The summed E-state index contributed by atoms with van der Waals surface area (Å²) in [6.45, 7) is 0. The molecule has 2 heteroatoms. The van der Waals surface area contributed by atoms with Crippen LogP contribution in [0.4, 0.5) is 0 Å². The molecule has 0 nitrogen and oxygen atoms in total. The molecule has 2 saturated carbocycles. The van der Waals surface area contributed by atoms with Gasteiger partial charge in [0.2, 0.25) is 0 Å². The molecular weight excluding hydrogens is 424 g/mol. The van der Waals surface area contributed by atoms with E-state index in [4.69, 9.17) is 0 Å². The minimum absolute atomic E-state index is 0. The molecule has 0 aromatic heterocycles. The molecule has 146 valence electrons. The molecule has 24 heavy (non-hydrogen) atoms. The average Bonchev–Trinajstić information content (AvgIpc) is 3.19. The molecule has 0 aromatic rings. The Labute approximate surface area is 171 Å².